The lowest BCUT2D eigenvalue weighted by molar-refractivity contribution is 0.465. The summed E-state index contributed by atoms with van der Waals surface area (Å²) in [5, 5.41) is 22.9. The minimum atomic E-state index is -0.284. The van der Waals surface area contributed by atoms with Crippen molar-refractivity contribution < 1.29 is 9.50 Å². The van der Waals surface area contributed by atoms with E-state index in [1.54, 1.807) is 18.2 Å². The average molecular weight is 343 g/mol. The summed E-state index contributed by atoms with van der Waals surface area (Å²) < 4.78 is 13.3. The van der Waals surface area contributed by atoms with Crippen LogP contribution in [0.2, 0.25) is 0 Å². The first kappa shape index (κ1) is 16.5. The van der Waals surface area contributed by atoms with Crippen LogP contribution in [0.1, 0.15) is 36.5 Å². The van der Waals surface area contributed by atoms with Crippen molar-refractivity contribution in [3.05, 3.63) is 64.9 Å². The highest BCUT2D eigenvalue weighted by Crippen LogP contribution is 2.28. The third-order valence-corrected chi connectivity index (χ3v) is 4.91. The third kappa shape index (κ3) is 3.77. The van der Waals surface area contributed by atoms with Crippen LogP contribution in [-0.2, 0) is 0 Å². The second-order valence-corrected chi connectivity index (χ2v) is 6.67. The van der Waals surface area contributed by atoms with Gasteiger partial charge in [-0.2, -0.15) is 0 Å². The maximum atomic E-state index is 13.3. The number of nitrogens with zero attached hydrogens (tertiary/aromatic N) is 2. The van der Waals surface area contributed by atoms with Crippen molar-refractivity contribution in [2.45, 2.75) is 25.9 Å². The van der Waals surface area contributed by atoms with Crippen molar-refractivity contribution in [1.29, 1.82) is 0 Å². The minimum Gasteiger partial charge on any atom is -0.508 e. The number of phenolic OH excluding ortho intramolecular Hbond substituents is 1. The van der Waals surface area contributed by atoms with E-state index < -0.39 is 0 Å². The van der Waals surface area contributed by atoms with Crippen molar-refractivity contribution in [3.63, 3.8) is 0 Å². The number of aromatic nitrogens is 2. The number of aromatic hydroxyl groups is 1. The van der Waals surface area contributed by atoms with Crippen LogP contribution in [0.3, 0.4) is 0 Å². The summed E-state index contributed by atoms with van der Waals surface area (Å²) in [6, 6.07) is 13.6. The third-order valence-electron chi connectivity index (χ3n) is 3.75. The van der Waals surface area contributed by atoms with Crippen molar-refractivity contribution in [3.8, 4) is 16.3 Å². The summed E-state index contributed by atoms with van der Waals surface area (Å²) >= 11 is 1.44. The van der Waals surface area contributed by atoms with E-state index in [2.05, 4.69) is 15.5 Å². The quantitative estimate of drug-likeness (QED) is 0.718. The molecule has 0 aliphatic rings. The standard InChI is InChI=1S/C18H18FN3OS/c1-11(13-5-4-8-16(23)10-13)20-12(2)17-21-22-18(24-17)14-6-3-7-15(19)9-14/h3-12,20,23H,1-2H3. The second kappa shape index (κ2) is 7.07. The maximum absolute atomic E-state index is 13.3. The Kier molecular flexibility index (Phi) is 4.87. The van der Waals surface area contributed by atoms with Crippen LogP contribution >= 0.6 is 11.3 Å². The fraction of sp³-hybridized carbons (Fsp3) is 0.222. The molecule has 1 aromatic heterocycles. The van der Waals surface area contributed by atoms with Gasteiger partial charge >= 0.3 is 0 Å². The van der Waals surface area contributed by atoms with Crippen molar-refractivity contribution in [2.75, 3.05) is 0 Å². The fourth-order valence-electron chi connectivity index (χ4n) is 2.48. The number of hydrogen-bond donors (Lipinski definition) is 2. The highest BCUT2D eigenvalue weighted by atomic mass is 32.1. The number of hydrogen-bond acceptors (Lipinski definition) is 5. The molecule has 2 unspecified atom stereocenters. The zero-order valence-corrected chi connectivity index (χ0v) is 14.2. The first-order valence-electron chi connectivity index (χ1n) is 7.67. The van der Waals surface area contributed by atoms with Crippen LogP contribution in [0.25, 0.3) is 10.6 Å². The molecule has 0 spiro atoms. The van der Waals surface area contributed by atoms with E-state index >= 15 is 0 Å². The summed E-state index contributed by atoms with van der Waals surface area (Å²) in [4.78, 5) is 0. The molecular formula is C18H18FN3OS. The van der Waals surface area contributed by atoms with Crippen molar-refractivity contribution >= 4 is 11.3 Å². The molecular weight excluding hydrogens is 325 g/mol. The molecule has 1 heterocycles. The minimum absolute atomic E-state index is 0.0119. The molecule has 6 heteroatoms. The molecule has 2 aromatic carbocycles. The highest BCUT2D eigenvalue weighted by Gasteiger charge is 2.16. The van der Waals surface area contributed by atoms with E-state index in [0.717, 1.165) is 16.1 Å². The van der Waals surface area contributed by atoms with Gasteiger partial charge in [0.2, 0.25) is 0 Å². The number of rotatable bonds is 5. The van der Waals surface area contributed by atoms with Gasteiger partial charge in [0, 0.05) is 11.6 Å². The van der Waals surface area contributed by atoms with Crippen LogP contribution in [0.15, 0.2) is 48.5 Å². The summed E-state index contributed by atoms with van der Waals surface area (Å²) in [5.74, 6) is -0.0361. The SMILES string of the molecule is CC(NC(C)c1nnc(-c2cccc(F)c2)s1)c1cccc(O)c1. The summed E-state index contributed by atoms with van der Waals surface area (Å²) in [6.07, 6.45) is 0. The molecule has 24 heavy (non-hydrogen) atoms. The van der Waals surface area contributed by atoms with Gasteiger partial charge in [0.1, 0.15) is 21.6 Å². The van der Waals surface area contributed by atoms with E-state index in [1.165, 1.54) is 23.5 Å². The van der Waals surface area contributed by atoms with Gasteiger partial charge in [0.05, 0.1) is 6.04 Å². The summed E-state index contributed by atoms with van der Waals surface area (Å²) in [5.41, 5.74) is 1.73. The molecule has 2 N–H and O–H groups in total. The molecule has 0 aliphatic heterocycles. The van der Waals surface area contributed by atoms with Gasteiger partial charge in [0.15, 0.2) is 0 Å². The van der Waals surface area contributed by atoms with E-state index in [9.17, 15) is 9.50 Å². The zero-order chi connectivity index (χ0) is 17.1. The lowest BCUT2D eigenvalue weighted by Gasteiger charge is -2.18. The average Bonchev–Trinajstić information content (AvgIpc) is 3.05. The molecule has 0 saturated carbocycles. The number of halogens is 1. The number of benzene rings is 2. The van der Waals surface area contributed by atoms with Gasteiger partial charge in [-0.1, -0.05) is 35.6 Å². The Morgan fingerprint density at radius 1 is 1.04 bits per heavy atom. The topological polar surface area (TPSA) is 58.0 Å². The summed E-state index contributed by atoms with van der Waals surface area (Å²) in [7, 11) is 0. The van der Waals surface area contributed by atoms with Gasteiger partial charge < -0.3 is 10.4 Å². The first-order valence-corrected chi connectivity index (χ1v) is 8.49. The first-order chi connectivity index (χ1) is 11.5. The molecule has 0 aliphatic carbocycles. The molecule has 124 valence electrons. The van der Waals surface area contributed by atoms with Gasteiger partial charge in [-0.3, -0.25) is 0 Å². The van der Waals surface area contributed by atoms with E-state index in [0.29, 0.717) is 5.01 Å². The Morgan fingerprint density at radius 3 is 2.58 bits per heavy atom. The molecule has 2 atom stereocenters. The van der Waals surface area contributed by atoms with Crippen LogP contribution < -0.4 is 5.32 Å². The van der Waals surface area contributed by atoms with Crippen molar-refractivity contribution in [1.82, 2.24) is 15.5 Å². The van der Waals surface area contributed by atoms with Gasteiger partial charge in [-0.05, 0) is 43.7 Å². The Hall–Kier alpha value is -2.31. The molecule has 4 nitrogen and oxygen atoms in total. The fourth-order valence-corrected chi connectivity index (χ4v) is 3.34. The molecule has 0 radical (unpaired) electrons. The van der Waals surface area contributed by atoms with Gasteiger partial charge in [0.25, 0.3) is 0 Å². The lowest BCUT2D eigenvalue weighted by atomic mass is 10.1. The molecule has 0 bridgehead atoms. The zero-order valence-electron chi connectivity index (χ0n) is 13.4. The Balaban J connectivity index is 1.73. The Labute approximate surface area is 144 Å². The molecule has 0 amide bonds. The van der Waals surface area contributed by atoms with Crippen LogP contribution in [0, 0.1) is 5.82 Å². The molecule has 3 aromatic rings. The summed E-state index contributed by atoms with van der Waals surface area (Å²) in [6.45, 7) is 4.04. The van der Waals surface area contributed by atoms with E-state index in [4.69, 9.17) is 0 Å². The largest absolute Gasteiger partial charge is 0.508 e. The predicted molar refractivity (Wildman–Crippen MR) is 93.4 cm³/mol. The number of phenols is 1. The predicted octanol–water partition coefficient (Wildman–Crippen LogP) is 4.46. The van der Waals surface area contributed by atoms with Crippen LogP contribution in [0.5, 0.6) is 5.75 Å². The highest BCUT2D eigenvalue weighted by molar-refractivity contribution is 7.14. The van der Waals surface area contributed by atoms with Gasteiger partial charge in [-0.15, -0.1) is 10.2 Å². The van der Waals surface area contributed by atoms with E-state index in [1.807, 2.05) is 32.0 Å². The monoisotopic (exact) mass is 343 g/mol. The Bertz CT molecular complexity index is 836. The molecule has 3 rings (SSSR count). The molecule has 0 saturated heterocycles. The van der Waals surface area contributed by atoms with Gasteiger partial charge in [-0.25, -0.2) is 4.39 Å². The van der Waals surface area contributed by atoms with E-state index in [-0.39, 0.29) is 23.7 Å². The smallest absolute Gasteiger partial charge is 0.147 e. The normalized spacial score (nSPS) is 13.6. The Morgan fingerprint density at radius 2 is 1.83 bits per heavy atom. The number of nitrogens with one attached hydrogen (secondary N) is 1. The lowest BCUT2D eigenvalue weighted by Crippen LogP contribution is -2.22. The van der Waals surface area contributed by atoms with Crippen LogP contribution in [0.4, 0.5) is 4.39 Å². The second-order valence-electron chi connectivity index (χ2n) is 5.66. The maximum Gasteiger partial charge on any atom is 0.147 e. The van der Waals surface area contributed by atoms with Crippen LogP contribution in [-0.4, -0.2) is 15.3 Å². The van der Waals surface area contributed by atoms with Crippen molar-refractivity contribution in [2.24, 2.45) is 0 Å². The molecule has 0 fully saturated rings.